The van der Waals surface area contributed by atoms with Crippen LogP contribution in [0, 0.1) is 10.1 Å². The summed E-state index contributed by atoms with van der Waals surface area (Å²) in [6.07, 6.45) is 0.679. The second kappa shape index (κ2) is 6.26. The van der Waals surface area contributed by atoms with Crippen LogP contribution in [0.1, 0.15) is 18.6 Å². The van der Waals surface area contributed by atoms with E-state index in [0.29, 0.717) is 5.56 Å². The molecule has 1 atom stereocenters. The lowest BCUT2D eigenvalue weighted by Crippen LogP contribution is -1.99. The number of rotatable bonds is 4. The molecular formula is C13H10Cl2N2O4. The van der Waals surface area contributed by atoms with Crippen LogP contribution in [0.4, 0.5) is 5.69 Å². The molecule has 0 fully saturated rings. The molecule has 21 heavy (non-hydrogen) atoms. The molecule has 0 amide bonds. The quantitative estimate of drug-likeness (QED) is 0.673. The number of aliphatic hydroxyl groups excluding tert-OH is 1. The van der Waals surface area contributed by atoms with Gasteiger partial charge in [0.15, 0.2) is 5.75 Å². The first kappa shape index (κ1) is 15.5. The second-order valence-corrected chi connectivity index (χ2v) is 4.99. The van der Waals surface area contributed by atoms with Crippen LogP contribution in [-0.2, 0) is 0 Å². The van der Waals surface area contributed by atoms with Crippen LogP contribution in [0.2, 0.25) is 10.0 Å². The molecule has 2 aromatic rings. The molecular weight excluding hydrogens is 319 g/mol. The van der Waals surface area contributed by atoms with Crippen molar-refractivity contribution in [2.75, 3.05) is 0 Å². The van der Waals surface area contributed by atoms with Crippen molar-refractivity contribution in [3.05, 3.63) is 56.2 Å². The first-order valence-electron chi connectivity index (χ1n) is 5.84. The third kappa shape index (κ3) is 3.41. The Hall–Kier alpha value is -1.89. The molecule has 6 nitrogen and oxygen atoms in total. The highest BCUT2D eigenvalue weighted by Gasteiger charge is 2.19. The third-order valence-electron chi connectivity index (χ3n) is 2.64. The largest absolute Gasteiger partial charge is 0.435 e. The van der Waals surface area contributed by atoms with E-state index in [1.807, 2.05) is 0 Å². The number of aliphatic hydroxyl groups is 1. The summed E-state index contributed by atoms with van der Waals surface area (Å²) >= 11 is 11.9. The second-order valence-electron chi connectivity index (χ2n) is 4.17. The Morgan fingerprint density at radius 3 is 2.52 bits per heavy atom. The number of halogens is 2. The molecule has 0 unspecified atom stereocenters. The van der Waals surface area contributed by atoms with Gasteiger partial charge >= 0.3 is 0 Å². The van der Waals surface area contributed by atoms with E-state index in [9.17, 15) is 15.2 Å². The smallest absolute Gasteiger partial charge is 0.272 e. The van der Waals surface area contributed by atoms with E-state index in [-0.39, 0.29) is 27.4 Å². The van der Waals surface area contributed by atoms with Gasteiger partial charge in [0, 0.05) is 23.9 Å². The summed E-state index contributed by atoms with van der Waals surface area (Å²) in [4.78, 5) is 14.1. The Balaban J connectivity index is 2.43. The molecule has 0 radical (unpaired) electrons. The Morgan fingerprint density at radius 1 is 1.38 bits per heavy atom. The molecule has 0 aliphatic carbocycles. The number of nitro benzene ring substituents is 1. The first-order valence-corrected chi connectivity index (χ1v) is 6.60. The molecule has 1 aromatic heterocycles. The molecule has 0 saturated carbocycles. The molecule has 8 heteroatoms. The van der Waals surface area contributed by atoms with Crippen LogP contribution in [-0.4, -0.2) is 15.0 Å². The van der Waals surface area contributed by atoms with Gasteiger partial charge in [-0.25, -0.2) is 4.98 Å². The predicted molar refractivity (Wildman–Crippen MR) is 78.1 cm³/mol. The van der Waals surface area contributed by atoms with Crippen LogP contribution < -0.4 is 4.74 Å². The maximum atomic E-state index is 10.7. The fourth-order valence-corrected chi connectivity index (χ4v) is 2.21. The summed E-state index contributed by atoms with van der Waals surface area (Å²) in [6, 6.07) is 5.55. The lowest BCUT2D eigenvalue weighted by molar-refractivity contribution is -0.384. The summed E-state index contributed by atoms with van der Waals surface area (Å²) in [7, 11) is 0. The topological polar surface area (TPSA) is 85.5 Å². The molecule has 0 bridgehead atoms. The predicted octanol–water partition coefficient (Wildman–Crippen LogP) is 4.14. The molecule has 110 valence electrons. The van der Waals surface area contributed by atoms with E-state index in [4.69, 9.17) is 27.9 Å². The fraction of sp³-hybridized carbons (Fsp3) is 0.154. The minimum atomic E-state index is -0.802. The van der Waals surface area contributed by atoms with Crippen molar-refractivity contribution < 1.29 is 14.8 Å². The van der Waals surface area contributed by atoms with Gasteiger partial charge in [-0.3, -0.25) is 10.1 Å². The van der Waals surface area contributed by atoms with Crippen LogP contribution in [0.3, 0.4) is 0 Å². The van der Waals surface area contributed by atoms with Gasteiger partial charge in [0.1, 0.15) is 0 Å². The van der Waals surface area contributed by atoms with Crippen LogP contribution in [0.5, 0.6) is 11.6 Å². The highest BCUT2D eigenvalue weighted by molar-refractivity contribution is 6.37. The Morgan fingerprint density at radius 2 is 2.00 bits per heavy atom. The van der Waals surface area contributed by atoms with Gasteiger partial charge in [-0.05, 0) is 19.1 Å². The van der Waals surface area contributed by atoms with Crippen molar-refractivity contribution >= 4 is 28.9 Å². The monoisotopic (exact) mass is 328 g/mol. The van der Waals surface area contributed by atoms with Gasteiger partial charge in [-0.1, -0.05) is 23.2 Å². The van der Waals surface area contributed by atoms with Crippen molar-refractivity contribution in [2.24, 2.45) is 0 Å². The SMILES string of the molecule is C[C@@H](O)c1cccnc1Oc1c(Cl)cc([N+](=O)[O-])cc1Cl. The van der Waals surface area contributed by atoms with Crippen molar-refractivity contribution in [1.82, 2.24) is 4.98 Å². The number of hydrogen-bond donors (Lipinski definition) is 1. The average molecular weight is 329 g/mol. The summed E-state index contributed by atoms with van der Waals surface area (Å²) in [5, 5.41) is 20.3. The maximum absolute atomic E-state index is 10.7. The molecule has 0 saturated heterocycles. The Bertz CT molecular complexity index is 669. The summed E-state index contributed by atoms with van der Waals surface area (Å²) in [5.41, 5.74) is 0.206. The Kier molecular flexibility index (Phi) is 4.62. The minimum Gasteiger partial charge on any atom is -0.435 e. The normalized spacial score (nSPS) is 12.0. The number of pyridine rings is 1. The van der Waals surface area contributed by atoms with Gasteiger partial charge in [0.2, 0.25) is 5.88 Å². The van der Waals surface area contributed by atoms with Crippen molar-refractivity contribution in [2.45, 2.75) is 13.0 Å². The first-order chi connectivity index (χ1) is 9.90. The number of non-ortho nitro benzene ring substituents is 1. The standard InChI is InChI=1S/C13H10Cl2N2O4/c1-7(18)9-3-2-4-16-13(9)21-12-10(14)5-8(17(19)20)6-11(12)15/h2-7,18H,1H3/t7-/m1/s1. The highest BCUT2D eigenvalue weighted by Crippen LogP contribution is 2.40. The summed E-state index contributed by atoms with van der Waals surface area (Å²) < 4.78 is 5.51. The number of nitrogens with zero attached hydrogens (tertiary/aromatic N) is 2. The van der Waals surface area contributed by atoms with E-state index < -0.39 is 11.0 Å². The van der Waals surface area contributed by atoms with Gasteiger partial charge in [-0.2, -0.15) is 0 Å². The molecule has 0 aliphatic heterocycles. The van der Waals surface area contributed by atoms with Gasteiger partial charge < -0.3 is 9.84 Å². The van der Waals surface area contributed by atoms with E-state index in [1.54, 1.807) is 19.1 Å². The van der Waals surface area contributed by atoms with Gasteiger partial charge in [0.25, 0.3) is 5.69 Å². The summed E-state index contributed by atoms with van der Waals surface area (Å²) in [5.74, 6) is 0.176. The maximum Gasteiger partial charge on any atom is 0.272 e. The molecule has 2 rings (SSSR count). The zero-order valence-corrected chi connectivity index (χ0v) is 12.3. The van der Waals surface area contributed by atoms with Crippen molar-refractivity contribution in [3.8, 4) is 11.6 Å². The number of hydrogen-bond acceptors (Lipinski definition) is 5. The molecule has 1 heterocycles. The zero-order chi connectivity index (χ0) is 15.6. The van der Waals surface area contributed by atoms with E-state index >= 15 is 0 Å². The van der Waals surface area contributed by atoms with E-state index in [2.05, 4.69) is 4.98 Å². The lowest BCUT2D eigenvalue weighted by atomic mass is 10.2. The molecule has 0 aliphatic rings. The average Bonchev–Trinajstić information content (AvgIpc) is 2.42. The number of ether oxygens (including phenoxy) is 1. The molecule has 0 spiro atoms. The van der Waals surface area contributed by atoms with Crippen LogP contribution in [0.25, 0.3) is 0 Å². The molecule has 1 N–H and O–H groups in total. The lowest BCUT2D eigenvalue weighted by Gasteiger charge is -2.13. The van der Waals surface area contributed by atoms with Crippen LogP contribution in [0.15, 0.2) is 30.5 Å². The Labute approximate surface area is 130 Å². The number of nitro groups is 1. The number of aromatic nitrogens is 1. The highest BCUT2D eigenvalue weighted by atomic mass is 35.5. The van der Waals surface area contributed by atoms with E-state index in [1.165, 1.54) is 6.20 Å². The van der Waals surface area contributed by atoms with E-state index in [0.717, 1.165) is 12.1 Å². The minimum absolute atomic E-state index is 0.0172. The van der Waals surface area contributed by atoms with Crippen molar-refractivity contribution in [3.63, 3.8) is 0 Å². The number of benzene rings is 1. The fourth-order valence-electron chi connectivity index (χ4n) is 1.65. The third-order valence-corrected chi connectivity index (χ3v) is 3.20. The zero-order valence-electron chi connectivity index (χ0n) is 10.8. The molecule has 1 aromatic carbocycles. The summed E-state index contributed by atoms with van der Waals surface area (Å²) in [6.45, 7) is 1.56. The van der Waals surface area contributed by atoms with Crippen LogP contribution >= 0.6 is 23.2 Å². The van der Waals surface area contributed by atoms with Crippen molar-refractivity contribution in [1.29, 1.82) is 0 Å². The van der Waals surface area contributed by atoms with Gasteiger partial charge in [-0.15, -0.1) is 0 Å². The van der Waals surface area contributed by atoms with Gasteiger partial charge in [0.05, 0.1) is 21.1 Å².